The molecule has 0 spiro atoms. The molecule has 0 saturated carbocycles. The van der Waals surface area contributed by atoms with Crippen molar-refractivity contribution in [3.05, 3.63) is 205 Å². The number of benzene rings is 10. The van der Waals surface area contributed by atoms with E-state index >= 15 is 0 Å². The van der Waals surface area contributed by atoms with Crippen LogP contribution in [-0.4, -0.2) is 0 Å². The van der Waals surface area contributed by atoms with E-state index in [1.807, 2.05) is 0 Å². The van der Waals surface area contributed by atoms with Crippen molar-refractivity contribution in [2.45, 2.75) is 52.4 Å². The quantitative estimate of drug-likeness (QED) is 0.167. The van der Waals surface area contributed by atoms with Gasteiger partial charge < -0.3 is 18.6 Å². The fourth-order valence-electron chi connectivity index (χ4n) is 9.92. The fourth-order valence-corrected chi connectivity index (χ4v) is 9.92. The Labute approximate surface area is 384 Å². The minimum Gasteiger partial charge on any atom is -0.456 e. The lowest BCUT2D eigenvalue weighted by Gasteiger charge is -2.28. The summed E-state index contributed by atoms with van der Waals surface area (Å²) in [5.41, 5.74) is 12.6. The van der Waals surface area contributed by atoms with E-state index < -0.39 is 0 Å². The normalized spacial score (nSPS) is 12.4. The molecule has 0 aliphatic heterocycles. The van der Waals surface area contributed by atoms with Crippen molar-refractivity contribution in [2.75, 3.05) is 9.80 Å². The standard InChI is InChI=1S/C62H50N2O2/c1-61(2,3)43-22-27-45(28-23-43)63(55-19-11-15-39-13-7-9-17-49(39)55)47-26-21-41-34-52-54-38-59-53(37-60(54)65-57(52)35-42(41)33-47)51-32-31-48(36-58(51)66-59)64(46-29-24-44(25-30-46)62(4,5)6)56-20-12-16-40-14-8-10-18-50(40)56/h7-38H,1-6H3. The van der Waals surface area contributed by atoms with E-state index in [2.05, 4.69) is 245 Å². The number of hydrogen-bond donors (Lipinski definition) is 0. The largest absolute Gasteiger partial charge is 0.456 e. The van der Waals surface area contributed by atoms with Gasteiger partial charge in [-0.25, -0.2) is 0 Å². The van der Waals surface area contributed by atoms with Gasteiger partial charge in [0.25, 0.3) is 0 Å². The highest BCUT2D eigenvalue weighted by atomic mass is 16.3. The zero-order valence-electron chi connectivity index (χ0n) is 38.2. The predicted molar refractivity (Wildman–Crippen MR) is 280 cm³/mol. The number of fused-ring (bicyclic) bond motifs is 9. The average Bonchev–Trinajstić information content (AvgIpc) is 3.86. The van der Waals surface area contributed by atoms with Crippen molar-refractivity contribution >= 4 is 110 Å². The van der Waals surface area contributed by atoms with Gasteiger partial charge in [0.2, 0.25) is 0 Å². The zero-order chi connectivity index (χ0) is 44.9. The summed E-state index contributed by atoms with van der Waals surface area (Å²) in [5, 5.41) is 11.2. The maximum Gasteiger partial charge on any atom is 0.137 e. The van der Waals surface area contributed by atoms with Crippen molar-refractivity contribution in [3.8, 4) is 0 Å². The SMILES string of the molecule is CC(C)(C)c1ccc(N(c2ccc3cc4c(cc3c2)oc2cc3c(cc24)oc2cc(N(c4ccc(C(C)(C)C)cc4)c4cccc5ccccc45)ccc23)c2cccc3ccccc23)cc1. The number of furan rings is 2. The smallest absolute Gasteiger partial charge is 0.137 e. The van der Waals surface area contributed by atoms with Crippen molar-refractivity contribution in [1.82, 2.24) is 0 Å². The highest BCUT2D eigenvalue weighted by Gasteiger charge is 2.22. The van der Waals surface area contributed by atoms with Gasteiger partial charge in [-0.2, -0.15) is 0 Å². The first-order valence-electron chi connectivity index (χ1n) is 23.0. The van der Waals surface area contributed by atoms with Gasteiger partial charge in [0.05, 0.1) is 11.4 Å². The van der Waals surface area contributed by atoms with Gasteiger partial charge in [0.1, 0.15) is 22.3 Å². The summed E-state index contributed by atoms with van der Waals surface area (Å²) in [6.45, 7) is 13.6. The van der Waals surface area contributed by atoms with Crippen molar-refractivity contribution in [1.29, 1.82) is 0 Å². The highest BCUT2D eigenvalue weighted by Crippen LogP contribution is 2.45. The second-order valence-electron chi connectivity index (χ2n) is 19.9. The van der Waals surface area contributed by atoms with Gasteiger partial charge >= 0.3 is 0 Å². The molecule has 12 aromatic rings. The summed E-state index contributed by atoms with van der Waals surface area (Å²) >= 11 is 0. The first kappa shape index (κ1) is 39.7. The maximum absolute atomic E-state index is 6.79. The molecular formula is C62H50N2O2. The molecule has 0 unspecified atom stereocenters. The Hall–Kier alpha value is -7.82. The Morgan fingerprint density at radius 1 is 0.288 bits per heavy atom. The molecule has 2 aromatic heterocycles. The lowest BCUT2D eigenvalue weighted by atomic mass is 9.87. The van der Waals surface area contributed by atoms with Gasteiger partial charge in [-0.1, -0.05) is 145 Å². The van der Waals surface area contributed by atoms with E-state index in [0.29, 0.717) is 0 Å². The molecule has 320 valence electrons. The van der Waals surface area contributed by atoms with Crippen LogP contribution in [0.25, 0.3) is 76.2 Å². The average molecular weight is 855 g/mol. The molecule has 4 nitrogen and oxygen atoms in total. The highest BCUT2D eigenvalue weighted by molar-refractivity contribution is 6.17. The number of rotatable bonds is 6. The van der Waals surface area contributed by atoms with Gasteiger partial charge in [-0.05, 0) is 128 Å². The van der Waals surface area contributed by atoms with Crippen LogP contribution in [0.3, 0.4) is 0 Å². The third kappa shape index (κ3) is 6.67. The molecule has 0 amide bonds. The van der Waals surface area contributed by atoms with E-state index in [0.717, 1.165) is 88.8 Å². The Bertz CT molecular complexity index is 3680. The van der Waals surface area contributed by atoms with Crippen LogP contribution >= 0.6 is 0 Å². The van der Waals surface area contributed by atoms with Crippen molar-refractivity contribution in [2.24, 2.45) is 0 Å². The second kappa shape index (κ2) is 14.9. The first-order chi connectivity index (χ1) is 31.9. The Kier molecular flexibility index (Phi) is 8.95. The molecular weight excluding hydrogens is 805 g/mol. The van der Waals surface area contributed by atoms with Crippen LogP contribution in [-0.2, 0) is 10.8 Å². The lowest BCUT2D eigenvalue weighted by molar-refractivity contribution is 0.590. The van der Waals surface area contributed by atoms with E-state index in [4.69, 9.17) is 8.83 Å². The van der Waals surface area contributed by atoms with Crippen molar-refractivity contribution in [3.63, 3.8) is 0 Å². The molecule has 0 fully saturated rings. The van der Waals surface area contributed by atoms with Crippen LogP contribution in [0.2, 0.25) is 0 Å². The molecule has 0 atom stereocenters. The van der Waals surface area contributed by atoms with Crippen molar-refractivity contribution < 1.29 is 8.83 Å². The molecule has 0 saturated heterocycles. The summed E-state index contributed by atoms with van der Waals surface area (Å²) < 4.78 is 13.5. The third-order valence-corrected chi connectivity index (χ3v) is 13.5. The summed E-state index contributed by atoms with van der Waals surface area (Å²) in [6.07, 6.45) is 0. The Balaban J connectivity index is 0.958. The predicted octanol–water partition coefficient (Wildman–Crippen LogP) is 18.5. The molecule has 0 aliphatic rings. The van der Waals surface area contributed by atoms with Crippen LogP contribution in [0.5, 0.6) is 0 Å². The number of anilines is 6. The Morgan fingerprint density at radius 3 is 1.26 bits per heavy atom. The van der Waals surface area contributed by atoms with Gasteiger partial charge in [-0.3, -0.25) is 0 Å². The summed E-state index contributed by atoms with van der Waals surface area (Å²) in [4.78, 5) is 4.73. The summed E-state index contributed by atoms with van der Waals surface area (Å²) in [6, 6.07) is 70.5. The van der Waals surface area contributed by atoms with E-state index in [-0.39, 0.29) is 10.8 Å². The second-order valence-corrected chi connectivity index (χ2v) is 19.9. The molecule has 12 rings (SSSR count). The number of hydrogen-bond acceptors (Lipinski definition) is 4. The van der Waals surface area contributed by atoms with Crippen LogP contribution in [0, 0.1) is 0 Å². The maximum atomic E-state index is 6.79. The van der Waals surface area contributed by atoms with E-state index in [9.17, 15) is 0 Å². The summed E-state index contributed by atoms with van der Waals surface area (Å²) in [5.74, 6) is 0. The molecule has 0 bridgehead atoms. The Morgan fingerprint density at radius 2 is 0.712 bits per heavy atom. The van der Waals surface area contributed by atoms with Gasteiger partial charge in [-0.15, -0.1) is 0 Å². The lowest BCUT2D eigenvalue weighted by Crippen LogP contribution is -2.13. The van der Waals surface area contributed by atoms with E-state index in [1.54, 1.807) is 0 Å². The topological polar surface area (TPSA) is 32.8 Å². The molecule has 0 N–H and O–H groups in total. The molecule has 0 radical (unpaired) electrons. The molecule has 0 aliphatic carbocycles. The minimum atomic E-state index is 0.0530. The van der Waals surface area contributed by atoms with E-state index in [1.165, 1.54) is 32.7 Å². The summed E-state index contributed by atoms with van der Waals surface area (Å²) in [7, 11) is 0. The molecule has 66 heavy (non-hydrogen) atoms. The minimum absolute atomic E-state index is 0.0530. The van der Waals surface area contributed by atoms with Crippen LogP contribution < -0.4 is 9.80 Å². The van der Waals surface area contributed by atoms with Gasteiger partial charge in [0, 0.05) is 61.1 Å². The van der Waals surface area contributed by atoms with Crippen LogP contribution in [0.15, 0.2) is 203 Å². The zero-order valence-corrected chi connectivity index (χ0v) is 38.2. The molecule has 10 aromatic carbocycles. The van der Waals surface area contributed by atoms with Crippen LogP contribution in [0.4, 0.5) is 34.1 Å². The monoisotopic (exact) mass is 854 g/mol. The fraction of sp³-hybridized carbons (Fsp3) is 0.129. The third-order valence-electron chi connectivity index (χ3n) is 13.5. The van der Waals surface area contributed by atoms with Gasteiger partial charge in [0.15, 0.2) is 0 Å². The van der Waals surface area contributed by atoms with Crippen LogP contribution in [0.1, 0.15) is 52.7 Å². The first-order valence-corrected chi connectivity index (χ1v) is 23.0. The molecule has 2 heterocycles. The number of nitrogens with zero attached hydrogens (tertiary/aromatic N) is 2. The molecule has 4 heteroatoms.